The first-order valence-corrected chi connectivity index (χ1v) is 9.01. The summed E-state index contributed by atoms with van der Waals surface area (Å²) in [6.07, 6.45) is 0. The molecule has 1 atom stereocenters. The maximum Gasteiger partial charge on any atom is 0.237 e. The SMILES string of the molecule is Cc1ccc(N2CCN([C@H](C)C(=O)NCc3ccccc3)CC2)cc1. The van der Waals surface area contributed by atoms with Crippen LogP contribution in [-0.4, -0.2) is 43.0 Å². The summed E-state index contributed by atoms with van der Waals surface area (Å²) in [5.74, 6) is 0.104. The number of carbonyl (C=O) groups is 1. The molecule has 1 saturated heterocycles. The van der Waals surface area contributed by atoms with E-state index >= 15 is 0 Å². The molecular formula is C21H27N3O. The number of anilines is 1. The first kappa shape index (κ1) is 17.5. The van der Waals surface area contributed by atoms with Gasteiger partial charge in [0.15, 0.2) is 0 Å². The highest BCUT2D eigenvalue weighted by atomic mass is 16.2. The van der Waals surface area contributed by atoms with Gasteiger partial charge in [0.25, 0.3) is 0 Å². The lowest BCUT2D eigenvalue weighted by Crippen LogP contribution is -2.53. The first-order chi connectivity index (χ1) is 12.1. The van der Waals surface area contributed by atoms with Crippen molar-refractivity contribution in [3.05, 3.63) is 65.7 Å². The Labute approximate surface area is 150 Å². The zero-order valence-corrected chi connectivity index (χ0v) is 15.1. The van der Waals surface area contributed by atoms with E-state index in [1.807, 2.05) is 37.3 Å². The van der Waals surface area contributed by atoms with E-state index in [0.29, 0.717) is 6.54 Å². The smallest absolute Gasteiger partial charge is 0.237 e. The normalized spacial score (nSPS) is 16.5. The molecule has 0 aliphatic carbocycles. The van der Waals surface area contributed by atoms with Crippen molar-refractivity contribution in [3.63, 3.8) is 0 Å². The van der Waals surface area contributed by atoms with Crippen molar-refractivity contribution in [2.45, 2.75) is 26.4 Å². The number of rotatable bonds is 5. The van der Waals surface area contributed by atoms with E-state index in [-0.39, 0.29) is 11.9 Å². The minimum Gasteiger partial charge on any atom is -0.369 e. The van der Waals surface area contributed by atoms with Crippen LogP contribution in [-0.2, 0) is 11.3 Å². The van der Waals surface area contributed by atoms with Gasteiger partial charge in [0, 0.05) is 38.4 Å². The van der Waals surface area contributed by atoms with E-state index in [4.69, 9.17) is 0 Å². The lowest BCUT2D eigenvalue weighted by Gasteiger charge is -2.38. The van der Waals surface area contributed by atoms with Gasteiger partial charge in [0.2, 0.25) is 5.91 Å². The van der Waals surface area contributed by atoms with Crippen molar-refractivity contribution in [2.75, 3.05) is 31.1 Å². The largest absolute Gasteiger partial charge is 0.369 e. The molecule has 2 aromatic carbocycles. The zero-order valence-electron chi connectivity index (χ0n) is 15.1. The molecule has 1 aliphatic rings. The molecule has 0 aromatic heterocycles. The monoisotopic (exact) mass is 337 g/mol. The summed E-state index contributed by atoms with van der Waals surface area (Å²) in [5.41, 5.74) is 3.68. The van der Waals surface area contributed by atoms with E-state index in [0.717, 1.165) is 31.7 Å². The molecule has 0 radical (unpaired) electrons. The Morgan fingerprint density at radius 1 is 1.00 bits per heavy atom. The van der Waals surface area contributed by atoms with Crippen LogP contribution < -0.4 is 10.2 Å². The molecule has 1 fully saturated rings. The zero-order chi connectivity index (χ0) is 17.6. The summed E-state index contributed by atoms with van der Waals surface area (Å²) in [7, 11) is 0. The third kappa shape index (κ3) is 4.60. The number of hydrogen-bond donors (Lipinski definition) is 1. The van der Waals surface area contributed by atoms with Gasteiger partial charge in [-0.3, -0.25) is 9.69 Å². The number of benzene rings is 2. The Balaban J connectivity index is 1.48. The van der Waals surface area contributed by atoms with Crippen LogP contribution in [0.3, 0.4) is 0 Å². The molecule has 132 valence electrons. The number of nitrogens with zero attached hydrogens (tertiary/aromatic N) is 2. The average Bonchev–Trinajstić information content (AvgIpc) is 2.67. The van der Waals surface area contributed by atoms with Crippen molar-refractivity contribution >= 4 is 11.6 Å². The maximum atomic E-state index is 12.4. The van der Waals surface area contributed by atoms with Gasteiger partial charge in [-0.15, -0.1) is 0 Å². The maximum absolute atomic E-state index is 12.4. The number of hydrogen-bond acceptors (Lipinski definition) is 3. The molecule has 25 heavy (non-hydrogen) atoms. The molecule has 4 heteroatoms. The Morgan fingerprint density at radius 2 is 1.64 bits per heavy atom. The van der Waals surface area contributed by atoms with Crippen LogP contribution in [0.2, 0.25) is 0 Å². The Bertz CT molecular complexity index is 676. The van der Waals surface area contributed by atoms with Gasteiger partial charge in [-0.25, -0.2) is 0 Å². The van der Waals surface area contributed by atoms with Crippen molar-refractivity contribution in [1.29, 1.82) is 0 Å². The van der Waals surface area contributed by atoms with Crippen molar-refractivity contribution in [3.8, 4) is 0 Å². The molecule has 4 nitrogen and oxygen atoms in total. The highest BCUT2D eigenvalue weighted by molar-refractivity contribution is 5.81. The van der Waals surface area contributed by atoms with Crippen LogP contribution >= 0.6 is 0 Å². The van der Waals surface area contributed by atoms with Crippen LogP contribution in [0.25, 0.3) is 0 Å². The second kappa shape index (κ2) is 8.17. The standard InChI is InChI=1S/C21H27N3O/c1-17-8-10-20(11-9-17)24-14-12-23(13-15-24)18(2)21(25)22-16-19-6-4-3-5-7-19/h3-11,18H,12-16H2,1-2H3,(H,22,25)/t18-/m1/s1. The van der Waals surface area contributed by atoms with Crippen molar-refractivity contribution in [1.82, 2.24) is 10.2 Å². The minimum atomic E-state index is -0.0936. The van der Waals surface area contributed by atoms with Crippen LogP contribution in [0, 0.1) is 6.92 Å². The van der Waals surface area contributed by atoms with E-state index in [1.54, 1.807) is 0 Å². The van der Waals surface area contributed by atoms with E-state index in [2.05, 4.69) is 46.3 Å². The topological polar surface area (TPSA) is 35.6 Å². The fourth-order valence-electron chi connectivity index (χ4n) is 3.22. The summed E-state index contributed by atoms with van der Waals surface area (Å²) >= 11 is 0. The van der Waals surface area contributed by atoms with Gasteiger partial charge in [-0.05, 0) is 31.5 Å². The van der Waals surface area contributed by atoms with Crippen molar-refractivity contribution in [2.24, 2.45) is 0 Å². The Morgan fingerprint density at radius 3 is 2.28 bits per heavy atom. The summed E-state index contributed by atoms with van der Waals surface area (Å²) in [5, 5.41) is 3.05. The molecule has 1 heterocycles. The Hall–Kier alpha value is -2.33. The van der Waals surface area contributed by atoms with E-state index < -0.39 is 0 Å². The fraction of sp³-hybridized carbons (Fsp3) is 0.381. The molecule has 1 amide bonds. The molecule has 1 aliphatic heterocycles. The number of aryl methyl sites for hydroxylation is 1. The van der Waals surface area contributed by atoms with Crippen molar-refractivity contribution < 1.29 is 4.79 Å². The summed E-state index contributed by atoms with van der Waals surface area (Å²) in [6, 6.07) is 18.6. The van der Waals surface area contributed by atoms with E-state index in [9.17, 15) is 4.79 Å². The number of carbonyl (C=O) groups excluding carboxylic acids is 1. The summed E-state index contributed by atoms with van der Waals surface area (Å²) < 4.78 is 0. The second-order valence-electron chi connectivity index (χ2n) is 6.74. The molecule has 0 unspecified atom stereocenters. The molecule has 2 aromatic rings. The lowest BCUT2D eigenvalue weighted by molar-refractivity contribution is -0.126. The molecule has 0 saturated carbocycles. The first-order valence-electron chi connectivity index (χ1n) is 9.01. The van der Waals surface area contributed by atoms with Gasteiger partial charge in [-0.1, -0.05) is 48.0 Å². The molecule has 0 bridgehead atoms. The summed E-state index contributed by atoms with van der Waals surface area (Å²) in [6.45, 7) is 8.44. The third-order valence-corrected chi connectivity index (χ3v) is 4.95. The average molecular weight is 337 g/mol. The van der Waals surface area contributed by atoms with Gasteiger partial charge < -0.3 is 10.2 Å². The third-order valence-electron chi connectivity index (χ3n) is 4.95. The highest BCUT2D eigenvalue weighted by Crippen LogP contribution is 2.18. The molecule has 3 rings (SSSR count). The minimum absolute atomic E-state index is 0.0936. The molecule has 0 spiro atoms. The quantitative estimate of drug-likeness (QED) is 0.911. The van der Waals surface area contributed by atoms with Crippen LogP contribution in [0.1, 0.15) is 18.1 Å². The van der Waals surface area contributed by atoms with Crippen LogP contribution in [0.15, 0.2) is 54.6 Å². The molecular weight excluding hydrogens is 310 g/mol. The second-order valence-corrected chi connectivity index (χ2v) is 6.74. The van der Waals surface area contributed by atoms with Gasteiger partial charge in [0.1, 0.15) is 0 Å². The fourth-order valence-corrected chi connectivity index (χ4v) is 3.22. The lowest BCUT2D eigenvalue weighted by atomic mass is 10.1. The van der Waals surface area contributed by atoms with E-state index in [1.165, 1.54) is 11.3 Å². The molecule has 1 N–H and O–H groups in total. The number of piperazine rings is 1. The predicted molar refractivity (Wildman–Crippen MR) is 103 cm³/mol. The Kier molecular flexibility index (Phi) is 5.71. The van der Waals surface area contributed by atoms with Crippen LogP contribution in [0.5, 0.6) is 0 Å². The van der Waals surface area contributed by atoms with Gasteiger partial charge >= 0.3 is 0 Å². The number of nitrogens with one attached hydrogen (secondary N) is 1. The highest BCUT2D eigenvalue weighted by Gasteiger charge is 2.25. The summed E-state index contributed by atoms with van der Waals surface area (Å²) in [4.78, 5) is 17.1. The predicted octanol–water partition coefficient (Wildman–Crippen LogP) is 2.82. The number of amides is 1. The van der Waals surface area contributed by atoms with Gasteiger partial charge in [-0.2, -0.15) is 0 Å². The van der Waals surface area contributed by atoms with Gasteiger partial charge in [0.05, 0.1) is 6.04 Å². The van der Waals surface area contributed by atoms with Crippen LogP contribution in [0.4, 0.5) is 5.69 Å².